The lowest BCUT2D eigenvalue weighted by atomic mass is 9.91. The summed E-state index contributed by atoms with van der Waals surface area (Å²) in [4.78, 5) is 4.10. The van der Waals surface area contributed by atoms with E-state index in [1.54, 1.807) is 5.38 Å². The average molecular weight is 640 g/mol. The molecule has 38 heavy (non-hydrogen) atoms. The lowest BCUT2D eigenvalue weighted by Crippen LogP contribution is -2.53. The molecule has 17 heteroatoms. The first-order valence-electron chi connectivity index (χ1n) is 10.8. The molecule has 202 valence electrons. The Morgan fingerprint density at radius 3 is 2.63 bits per heavy atom. The number of alkyl halides is 3. The first-order valence-corrected chi connectivity index (χ1v) is 12.8. The van der Waals surface area contributed by atoms with Gasteiger partial charge < -0.3 is 20.1 Å². The molecule has 1 aliphatic rings. The molecule has 4 aromatic rings. The van der Waals surface area contributed by atoms with Crippen LogP contribution in [0, 0.1) is 5.82 Å². The molecule has 0 bridgehead atoms. The minimum atomic E-state index is -4.94. The monoisotopic (exact) mass is 638 g/mol. The summed E-state index contributed by atoms with van der Waals surface area (Å²) in [6.07, 6.45) is -8.10. The van der Waals surface area contributed by atoms with E-state index in [1.807, 2.05) is 0 Å². The molecule has 0 amide bonds. The van der Waals surface area contributed by atoms with Gasteiger partial charge in [-0.2, -0.15) is 18.3 Å². The zero-order valence-electron chi connectivity index (χ0n) is 18.7. The SMILES string of the molecule is OC[C@H]1O[C@@H](c2ccnn2-c2cc(Br)c(F)cc2C(F)(F)F)[C@H](O)[C@@H](n2cc(-c3nc(Cl)cs3)nn2)[C@H]1O. The number of nitrogens with zero attached hydrogens (tertiary/aromatic N) is 6. The van der Waals surface area contributed by atoms with E-state index in [0.717, 1.165) is 15.4 Å². The molecule has 0 aliphatic carbocycles. The van der Waals surface area contributed by atoms with Gasteiger partial charge in [0, 0.05) is 11.6 Å². The molecule has 0 unspecified atom stereocenters. The number of ether oxygens (including phenoxy) is 1. The highest BCUT2D eigenvalue weighted by Gasteiger charge is 2.48. The third-order valence-corrected chi connectivity index (χ3v) is 7.73. The standard InChI is InChI=1S/C21H16BrClF4N6O4S/c22-9-4-13(8(3-10(9)24)21(25,26)27)33-12(1-2-28-33)19-18(36)16(17(35)14(6-34)37-19)32-5-11(30-31-32)20-29-15(23)7-38-20/h1-5,7,14,16-19,34-36H,6H2/t14-,16+,17+,18-,19+/m1/s1. The van der Waals surface area contributed by atoms with E-state index >= 15 is 0 Å². The largest absolute Gasteiger partial charge is 0.418 e. The van der Waals surface area contributed by atoms with Crippen LogP contribution in [0.3, 0.4) is 0 Å². The summed E-state index contributed by atoms with van der Waals surface area (Å²) in [7, 11) is 0. The zero-order valence-corrected chi connectivity index (χ0v) is 21.8. The van der Waals surface area contributed by atoms with Crippen LogP contribution >= 0.6 is 38.9 Å². The molecule has 5 atom stereocenters. The summed E-state index contributed by atoms with van der Waals surface area (Å²) in [5, 5.41) is 46.2. The number of aliphatic hydroxyl groups is 3. The molecule has 0 radical (unpaired) electrons. The van der Waals surface area contributed by atoms with Gasteiger partial charge in [0.2, 0.25) is 0 Å². The maximum Gasteiger partial charge on any atom is 0.418 e. The molecular weight excluding hydrogens is 624 g/mol. The summed E-state index contributed by atoms with van der Waals surface area (Å²) in [6.45, 7) is -0.686. The van der Waals surface area contributed by atoms with Gasteiger partial charge in [-0.25, -0.2) is 18.7 Å². The van der Waals surface area contributed by atoms with Gasteiger partial charge in [0.15, 0.2) is 0 Å². The topological polar surface area (TPSA) is 131 Å². The van der Waals surface area contributed by atoms with E-state index in [0.29, 0.717) is 16.8 Å². The predicted octanol–water partition coefficient (Wildman–Crippen LogP) is 3.56. The molecule has 1 fully saturated rings. The Bertz CT molecular complexity index is 1470. The average Bonchev–Trinajstić information content (AvgIpc) is 3.61. The predicted molar refractivity (Wildman–Crippen MR) is 128 cm³/mol. The Hall–Kier alpha value is -2.47. The van der Waals surface area contributed by atoms with E-state index in [2.05, 4.69) is 36.3 Å². The van der Waals surface area contributed by atoms with Gasteiger partial charge in [0.25, 0.3) is 0 Å². The maximum absolute atomic E-state index is 14.0. The van der Waals surface area contributed by atoms with Crippen LogP contribution < -0.4 is 0 Å². The number of hydrogen-bond acceptors (Lipinski definition) is 9. The van der Waals surface area contributed by atoms with Crippen molar-refractivity contribution in [3.8, 4) is 16.4 Å². The minimum absolute atomic E-state index is 0.0519. The molecule has 0 spiro atoms. The highest BCUT2D eigenvalue weighted by molar-refractivity contribution is 9.10. The van der Waals surface area contributed by atoms with Crippen LogP contribution in [0.2, 0.25) is 5.15 Å². The van der Waals surface area contributed by atoms with Crippen molar-refractivity contribution in [3.05, 3.63) is 62.7 Å². The van der Waals surface area contributed by atoms with Gasteiger partial charge in [-0.3, -0.25) is 0 Å². The normalized spacial score (nSPS) is 24.2. The first kappa shape index (κ1) is 27.1. The number of thiazole rings is 1. The van der Waals surface area contributed by atoms with E-state index in [4.69, 9.17) is 16.3 Å². The molecule has 3 N–H and O–H groups in total. The van der Waals surface area contributed by atoms with Crippen molar-refractivity contribution in [2.75, 3.05) is 6.61 Å². The van der Waals surface area contributed by atoms with Crippen molar-refractivity contribution >= 4 is 38.9 Å². The quantitative estimate of drug-likeness (QED) is 0.283. The fourth-order valence-corrected chi connectivity index (χ4v) is 5.45. The maximum atomic E-state index is 14.0. The summed E-state index contributed by atoms with van der Waals surface area (Å²) < 4.78 is 62.9. The van der Waals surface area contributed by atoms with Crippen LogP contribution in [0.25, 0.3) is 16.4 Å². The van der Waals surface area contributed by atoms with E-state index < -0.39 is 60.3 Å². The van der Waals surface area contributed by atoms with Crippen LogP contribution in [0.5, 0.6) is 0 Å². The fraction of sp³-hybridized carbons (Fsp3) is 0.333. The van der Waals surface area contributed by atoms with E-state index in [-0.39, 0.29) is 15.3 Å². The Morgan fingerprint density at radius 1 is 1.21 bits per heavy atom. The van der Waals surface area contributed by atoms with Crippen LogP contribution in [0.1, 0.15) is 23.4 Å². The Morgan fingerprint density at radius 2 is 1.97 bits per heavy atom. The number of halogens is 6. The summed E-state index contributed by atoms with van der Waals surface area (Å²) in [5.41, 5.74) is -1.61. The van der Waals surface area contributed by atoms with Crippen molar-refractivity contribution in [3.63, 3.8) is 0 Å². The van der Waals surface area contributed by atoms with Gasteiger partial charge in [-0.1, -0.05) is 16.8 Å². The van der Waals surface area contributed by atoms with Crippen molar-refractivity contribution in [1.29, 1.82) is 0 Å². The molecule has 10 nitrogen and oxygen atoms in total. The number of aliphatic hydroxyl groups excluding tert-OH is 3. The first-order chi connectivity index (χ1) is 18.0. The molecule has 0 saturated carbocycles. The fourth-order valence-electron chi connectivity index (χ4n) is 4.22. The number of aromatic nitrogens is 6. The van der Waals surface area contributed by atoms with Crippen LogP contribution in [-0.2, 0) is 10.9 Å². The van der Waals surface area contributed by atoms with Gasteiger partial charge in [0.1, 0.15) is 52.1 Å². The third-order valence-electron chi connectivity index (χ3n) is 5.94. The van der Waals surface area contributed by atoms with Crippen LogP contribution in [0.4, 0.5) is 17.6 Å². The summed E-state index contributed by atoms with van der Waals surface area (Å²) >= 11 is 9.95. The second-order valence-electron chi connectivity index (χ2n) is 8.26. The highest BCUT2D eigenvalue weighted by atomic mass is 79.9. The molecule has 1 aliphatic heterocycles. The Labute approximate surface area is 228 Å². The van der Waals surface area contributed by atoms with Gasteiger partial charge in [-0.05, 0) is 34.1 Å². The molecule has 4 heterocycles. The summed E-state index contributed by atoms with van der Waals surface area (Å²) in [6, 6.07) is 1.29. The molecule has 1 aromatic carbocycles. The smallest absolute Gasteiger partial charge is 0.394 e. The molecule has 5 rings (SSSR count). The molecule has 1 saturated heterocycles. The number of hydrogen-bond donors (Lipinski definition) is 3. The lowest BCUT2D eigenvalue weighted by molar-refractivity contribution is -0.209. The second-order valence-corrected chi connectivity index (χ2v) is 10.4. The van der Waals surface area contributed by atoms with Crippen molar-refractivity contribution in [1.82, 2.24) is 29.8 Å². The van der Waals surface area contributed by atoms with E-state index in [1.165, 1.54) is 29.8 Å². The van der Waals surface area contributed by atoms with Crippen LogP contribution in [-0.4, -0.2) is 70.0 Å². The van der Waals surface area contributed by atoms with Crippen molar-refractivity contribution in [2.24, 2.45) is 0 Å². The van der Waals surface area contributed by atoms with Crippen molar-refractivity contribution < 1.29 is 37.6 Å². The minimum Gasteiger partial charge on any atom is -0.394 e. The highest BCUT2D eigenvalue weighted by Crippen LogP contribution is 2.41. The number of rotatable bonds is 5. The van der Waals surface area contributed by atoms with Gasteiger partial charge in [0.05, 0.1) is 34.2 Å². The van der Waals surface area contributed by atoms with Gasteiger partial charge >= 0.3 is 6.18 Å². The Balaban J connectivity index is 1.57. The second kappa shape index (κ2) is 10.3. The Kier molecular flexibility index (Phi) is 7.32. The van der Waals surface area contributed by atoms with Crippen molar-refractivity contribution in [2.45, 2.75) is 36.6 Å². The zero-order chi connectivity index (χ0) is 27.4. The molecular formula is C21H16BrClF4N6O4S. The van der Waals surface area contributed by atoms with Gasteiger partial charge in [-0.15, -0.1) is 16.4 Å². The number of benzene rings is 1. The molecule has 3 aromatic heterocycles. The lowest BCUT2D eigenvalue weighted by Gasteiger charge is -2.42. The third kappa shape index (κ3) is 4.85. The summed E-state index contributed by atoms with van der Waals surface area (Å²) in [5.74, 6) is -1.13. The van der Waals surface area contributed by atoms with Crippen LogP contribution in [0.15, 0.2) is 40.4 Å². The van der Waals surface area contributed by atoms with E-state index in [9.17, 15) is 32.9 Å².